The second-order valence-corrected chi connectivity index (χ2v) is 5.50. The molecule has 5 heteroatoms. The molecule has 2 amide bonds. The molecular weight excluding hydrogens is 254 g/mol. The Morgan fingerprint density at radius 3 is 2.20 bits per heavy atom. The fraction of sp³-hybridized carbons (Fsp3) is 0.867. The minimum atomic E-state index is -0.272. The van der Waals surface area contributed by atoms with Gasteiger partial charge in [-0.1, -0.05) is 20.3 Å². The van der Waals surface area contributed by atoms with Crippen molar-refractivity contribution in [1.29, 1.82) is 0 Å². The van der Waals surface area contributed by atoms with Gasteiger partial charge in [0.15, 0.2) is 0 Å². The summed E-state index contributed by atoms with van der Waals surface area (Å²) in [4.78, 5) is 23.4. The van der Waals surface area contributed by atoms with Crippen molar-refractivity contribution in [2.24, 2.45) is 0 Å². The molecule has 0 heterocycles. The largest absolute Gasteiger partial charge is 0.354 e. The van der Waals surface area contributed by atoms with E-state index in [0.717, 1.165) is 19.3 Å². The molecule has 3 N–H and O–H groups in total. The highest BCUT2D eigenvalue weighted by Crippen LogP contribution is 1.96. The molecule has 0 aromatic carbocycles. The molecule has 3 unspecified atom stereocenters. The van der Waals surface area contributed by atoms with E-state index in [1.807, 2.05) is 27.7 Å². The van der Waals surface area contributed by atoms with E-state index in [1.54, 1.807) is 0 Å². The van der Waals surface area contributed by atoms with Crippen molar-refractivity contribution in [2.45, 2.75) is 78.4 Å². The zero-order chi connectivity index (χ0) is 15.5. The number of hydrogen-bond donors (Lipinski definition) is 3. The quantitative estimate of drug-likeness (QED) is 0.570. The van der Waals surface area contributed by atoms with Gasteiger partial charge in [0.25, 0.3) is 0 Å². The lowest BCUT2D eigenvalue weighted by atomic mass is 10.2. The van der Waals surface area contributed by atoms with Crippen LogP contribution < -0.4 is 16.0 Å². The molecule has 0 radical (unpaired) electrons. The second-order valence-electron chi connectivity index (χ2n) is 5.50. The van der Waals surface area contributed by atoms with Crippen LogP contribution >= 0.6 is 0 Å². The van der Waals surface area contributed by atoms with Crippen molar-refractivity contribution in [3.05, 3.63) is 0 Å². The molecule has 0 aliphatic rings. The Balaban J connectivity index is 3.84. The maximum Gasteiger partial charge on any atom is 0.237 e. The molecule has 5 nitrogen and oxygen atoms in total. The summed E-state index contributed by atoms with van der Waals surface area (Å²) in [7, 11) is 0. The van der Waals surface area contributed by atoms with Crippen LogP contribution in [0.3, 0.4) is 0 Å². The third kappa shape index (κ3) is 8.91. The predicted molar refractivity (Wildman–Crippen MR) is 82.5 cm³/mol. The first-order valence-electron chi connectivity index (χ1n) is 7.73. The van der Waals surface area contributed by atoms with E-state index in [2.05, 4.69) is 22.9 Å². The highest BCUT2D eigenvalue weighted by Gasteiger charge is 2.14. The number of nitrogens with one attached hydrogen (secondary N) is 3. The van der Waals surface area contributed by atoms with E-state index in [-0.39, 0.29) is 29.9 Å². The summed E-state index contributed by atoms with van der Waals surface area (Å²) in [6.45, 7) is 10.5. The van der Waals surface area contributed by atoms with Gasteiger partial charge in [0.05, 0.1) is 6.04 Å². The lowest BCUT2D eigenvalue weighted by molar-refractivity contribution is -0.124. The van der Waals surface area contributed by atoms with Crippen molar-refractivity contribution >= 4 is 11.8 Å². The van der Waals surface area contributed by atoms with E-state index < -0.39 is 0 Å². The van der Waals surface area contributed by atoms with Crippen LogP contribution in [0.2, 0.25) is 0 Å². The van der Waals surface area contributed by atoms with E-state index >= 15 is 0 Å². The second kappa shape index (κ2) is 10.7. The van der Waals surface area contributed by atoms with Crippen molar-refractivity contribution in [3.63, 3.8) is 0 Å². The van der Waals surface area contributed by atoms with Gasteiger partial charge in [0.2, 0.25) is 11.8 Å². The SMILES string of the molecule is CCCC(C)NC(=O)C(C)NCCC(=O)NC(C)CC. The molecule has 0 aliphatic carbocycles. The molecule has 0 aliphatic heterocycles. The van der Waals surface area contributed by atoms with Gasteiger partial charge in [-0.2, -0.15) is 0 Å². The van der Waals surface area contributed by atoms with Crippen molar-refractivity contribution in [2.75, 3.05) is 6.54 Å². The molecule has 3 atom stereocenters. The molecule has 0 saturated carbocycles. The van der Waals surface area contributed by atoms with Crippen molar-refractivity contribution < 1.29 is 9.59 Å². The maximum atomic E-state index is 11.9. The molecule has 0 saturated heterocycles. The highest BCUT2D eigenvalue weighted by molar-refractivity contribution is 5.81. The fourth-order valence-corrected chi connectivity index (χ4v) is 1.82. The molecule has 0 aromatic heterocycles. The summed E-state index contributed by atoms with van der Waals surface area (Å²) in [6.07, 6.45) is 3.36. The smallest absolute Gasteiger partial charge is 0.237 e. The number of hydrogen-bond acceptors (Lipinski definition) is 3. The minimum absolute atomic E-state index is 0.00622. The van der Waals surface area contributed by atoms with Crippen LogP contribution in [-0.2, 0) is 9.59 Å². The first kappa shape index (κ1) is 18.9. The Labute approximate surface area is 123 Å². The van der Waals surface area contributed by atoms with Crippen molar-refractivity contribution in [3.8, 4) is 0 Å². The third-order valence-electron chi connectivity index (χ3n) is 3.33. The van der Waals surface area contributed by atoms with E-state index in [4.69, 9.17) is 0 Å². The number of carbonyl (C=O) groups is 2. The standard InChI is InChI=1S/C15H31N3O2/c1-6-8-12(4)18-15(20)13(5)16-10-9-14(19)17-11(3)7-2/h11-13,16H,6-10H2,1-5H3,(H,17,19)(H,18,20). The first-order valence-corrected chi connectivity index (χ1v) is 7.73. The number of rotatable bonds is 10. The number of amides is 2. The van der Waals surface area contributed by atoms with Gasteiger partial charge in [0, 0.05) is 25.0 Å². The summed E-state index contributed by atoms with van der Waals surface area (Å²) in [5, 5.41) is 8.94. The Hall–Kier alpha value is -1.10. The summed E-state index contributed by atoms with van der Waals surface area (Å²) < 4.78 is 0. The first-order chi connectivity index (χ1) is 9.40. The summed E-state index contributed by atoms with van der Waals surface area (Å²) in [5.41, 5.74) is 0. The van der Waals surface area contributed by atoms with Crippen LogP contribution in [0.25, 0.3) is 0 Å². The lowest BCUT2D eigenvalue weighted by Crippen LogP contribution is -2.46. The minimum Gasteiger partial charge on any atom is -0.354 e. The van der Waals surface area contributed by atoms with Gasteiger partial charge in [-0.05, 0) is 33.6 Å². The van der Waals surface area contributed by atoms with Crippen LogP contribution in [0.5, 0.6) is 0 Å². The average molecular weight is 285 g/mol. The van der Waals surface area contributed by atoms with Crippen LogP contribution in [0.15, 0.2) is 0 Å². The average Bonchev–Trinajstić information content (AvgIpc) is 2.38. The Morgan fingerprint density at radius 1 is 1.00 bits per heavy atom. The van der Waals surface area contributed by atoms with Gasteiger partial charge in [-0.25, -0.2) is 0 Å². The van der Waals surface area contributed by atoms with E-state index in [1.165, 1.54) is 0 Å². The van der Waals surface area contributed by atoms with Gasteiger partial charge in [0.1, 0.15) is 0 Å². The van der Waals surface area contributed by atoms with Gasteiger partial charge in [-0.15, -0.1) is 0 Å². The predicted octanol–water partition coefficient (Wildman–Crippen LogP) is 1.57. The molecule has 0 fully saturated rings. The van der Waals surface area contributed by atoms with E-state index in [9.17, 15) is 9.59 Å². The number of carbonyl (C=O) groups excluding carboxylic acids is 2. The third-order valence-corrected chi connectivity index (χ3v) is 3.33. The normalized spacial score (nSPS) is 15.2. The Kier molecular flexibility index (Phi) is 10.1. The van der Waals surface area contributed by atoms with Crippen molar-refractivity contribution in [1.82, 2.24) is 16.0 Å². The zero-order valence-corrected chi connectivity index (χ0v) is 13.6. The molecular formula is C15H31N3O2. The topological polar surface area (TPSA) is 70.2 Å². The zero-order valence-electron chi connectivity index (χ0n) is 13.6. The van der Waals surface area contributed by atoms with Crippen LogP contribution in [0.4, 0.5) is 0 Å². The molecule has 20 heavy (non-hydrogen) atoms. The lowest BCUT2D eigenvalue weighted by Gasteiger charge is -2.18. The molecule has 0 rings (SSSR count). The monoisotopic (exact) mass is 285 g/mol. The van der Waals surface area contributed by atoms with Gasteiger partial charge < -0.3 is 16.0 Å². The fourth-order valence-electron chi connectivity index (χ4n) is 1.82. The van der Waals surface area contributed by atoms with Crippen LogP contribution in [0.1, 0.15) is 60.3 Å². The summed E-state index contributed by atoms with van der Waals surface area (Å²) in [5.74, 6) is 0.0205. The van der Waals surface area contributed by atoms with Gasteiger partial charge in [-0.3, -0.25) is 9.59 Å². The van der Waals surface area contributed by atoms with Gasteiger partial charge >= 0.3 is 0 Å². The molecule has 0 spiro atoms. The maximum absolute atomic E-state index is 11.9. The Bertz CT molecular complexity index is 295. The Morgan fingerprint density at radius 2 is 1.65 bits per heavy atom. The molecule has 118 valence electrons. The summed E-state index contributed by atoms with van der Waals surface area (Å²) >= 11 is 0. The summed E-state index contributed by atoms with van der Waals surface area (Å²) in [6, 6.07) is 0.134. The van der Waals surface area contributed by atoms with Crippen LogP contribution in [0, 0.1) is 0 Å². The molecule has 0 aromatic rings. The highest BCUT2D eigenvalue weighted by atomic mass is 16.2. The van der Waals surface area contributed by atoms with E-state index in [0.29, 0.717) is 13.0 Å². The molecule has 0 bridgehead atoms. The van der Waals surface area contributed by atoms with Crippen LogP contribution in [-0.4, -0.2) is 36.5 Å².